The van der Waals surface area contributed by atoms with Crippen LogP contribution in [-0.2, 0) is 21.3 Å². The minimum atomic E-state index is -0.875. The summed E-state index contributed by atoms with van der Waals surface area (Å²) in [7, 11) is 0. The van der Waals surface area contributed by atoms with Crippen LogP contribution in [0.2, 0.25) is 0 Å². The standard InChI is InChI=1S/C29H38N8O4/c1-15-36(18-9-16(10-18)5-8-22-33-19-7-6-17(29(2,3)4)11-20(19)34-22)12-21-25(40-15)24(38)28(41-21)37-14-32-23-26(35-39)30-13-31-27(23)37/h6-7,11,13-16,18,21,24-25,28,38-39H,5,8-10,12H2,1-4H3,(H,33,34)(H,30,31,35)/t15?,16-,18+,21-,24-,25-,28-/m1/s1. The van der Waals surface area contributed by atoms with Crippen molar-refractivity contribution in [1.29, 1.82) is 0 Å². The van der Waals surface area contributed by atoms with E-state index in [9.17, 15) is 10.3 Å². The Morgan fingerprint density at radius 3 is 2.76 bits per heavy atom. The zero-order valence-corrected chi connectivity index (χ0v) is 23.9. The van der Waals surface area contributed by atoms with Gasteiger partial charge in [0, 0.05) is 19.0 Å². The van der Waals surface area contributed by atoms with Crippen LogP contribution < -0.4 is 5.48 Å². The molecule has 0 amide bonds. The lowest BCUT2D eigenvalue weighted by Gasteiger charge is -2.49. The van der Waals surface area contributed by atoms with E-state index in [0.717, 1.165) is 42.5 Å². The van der Waals surface area contributed by atoms with Gasteiger partial charge in [-0.3, -0.25) is 20.2 Å². The van der Waals surface area contributed by atoms with Gasteiger partial charge in [-0.25, -0.2) is 19.9 Å². The second kappa shape index (κ2) is 9.99. The number of aromatic amines is 1. The number of hydrogen-bond donors (Lipinski definition) is 4. The van der Waals surface area contributed by atoms with Crippen molar-refractivity contribution in [2.75, 3.05) is 12.0 Å². The zero-order chi connectivity index (χ0) is 28.5. The number of imidazole rings is 2. The molecule has 5 heterocycles. The minimum absolute atomic E-state index is 0.108. The fourth-order valence-electron chi connectivity index (χ4n) is 6.68. The molecule has 3 aliphatic rings. The number of ether oxygens (including phenoxy) is 2. The van der Waals surface area contributed by atoms with E-state index < -0.39 is 18.4 Å². The number of fused-ring (bicyclic) bond motifs is 3. The van der Waals surface area contributed by atoms with E-state index in [-0.39, 0.29) is 23.6 Å². The van der Waals surface area contributed by atoms with Gasteiger partial charge in [-0.05, 0) is 55.2 Å². The molecule has 41 heavy (non-hydrogen) atoms. The zero-order valence-electron chi connectivity index (χ0n) is 23.9. The second-order valence-corrected chi connectivity index (χ2v) is 12.8. The van der Waals surface area contributed by atoms with Gasteiger partial charge in [0.05, 0.1) is 17.4 Å². The molecular formula is C29H38N8O4. The number of aliphatic hydroxyl groups excluding tert-OH is 1. The quantitative estimate of drug-likeness (QED) is 0.257. The topological polar surface area (TPSA) is 146 Å². The SMILES string of the molecule is CC1O[C@H]2[C@@H](O)[C@H](n3cnc4c(NO)ncnc43)O[C@@H]2CN1[C@H]1C[C@@H](CCc2nc3cc(C(C)(C)C)ccc3[nH]2)C1. The molecule has 4 aromatic rings. The maximum absolute atomic E-state index is 11.1. The number of hydrogen-bond acceptors (Lipinski definition) is 10. The summed E-state index contributed by atoms with van der Waals surface area (Å²) in [6.45, 7) is 9.44. The Bertz CT molecular complexity index is 1560. The highest BCUT2D eigenvalue weighted by atomic mass is 16.6. The lowest BCUT2D eigenvalue weighted by molar-refractivity contribution is -0.199. The third kappa shape index (κ3) is 4.67. The molecule has 7 rings (SSSR count). The molecular weight excluding hydrogens is 524 g/mol. The fourth-order valence-corrected chi connectivity index (χ4v) is 6.68. The van der Waals surface area contributed by atoms with Crippen LogP contribution in [0.5, 0.6) is 0 Å². The molecule has 3 fully saturated rings. The highest BCUT2D eigenvalue weighted by Gasteiger charge is 2.52. The Morgan fingerprint density at radius 2 is 1.98 bits per heavy atom. The molecule has 218 valence electrons. The molecule has 3 aromatic heterocycles. The van der Waals surface area contributed by atoms with Crippen molar-refractivity contribution < 1.29 is 19.8 Å². The first kappa shape index (κ1) is 26.7. The number of aryl methyl sites for hydroxylation is 1. The molecule has 0 radical (unpaired) electrons. The van der Waals surface area contributed by atoms with Crippen molar-refractivity contribution in [1.82, 2.24) is 34.4 Å². The number of aliphatic hydroxyl groups is 1. The van der Waals surface area contributed by atoms with E-state index in [4.69, 9.17) is 14.5 Å². The van der Waals surface area contributed by atoms with Crippen LogP contribution in [-0.4, -0.2) is 81.8 Å². The number of aromatic nitrogens is 6. The monoisotopic (exact) mass is 562 g/mol. The van der Waals surface area contributed by atoms with Crippen molar-refractivity contribution in [2.45, 2.75) is 95.6 Å². The molecule has 2 aliphatic heterocycles. The van der Waals surface area contributed by atoms with Gasteiger partial charge in [0.1, 0.15) is 36.7 Å². The third-order valence-electron chi connectivity index (χ3n) is 9.13. The predicted octanol–water partition coefficient (Wildman–Crippen LogP) is 3.52. The Kier molecular flexibility index (Phi) is 6.51. The highest BCUT2D eigenvalue weighted by Crippen LogP contribution is 2.42. The molecule has 5 atom stereocenters. The normalized spacial score (nSPS) is 30.5. The van der Waals surface area contributed by atoms with E-state index in [1.807, 2.05) is 5.48 Å². The van der Waals surface area contributed by atoms with Gasteiger partial charge in [-0.2, -0.15) is 0 Å². The molecule has 12 nitrogen and oxygen atoms in total. The number of rotatable bonds is 6. The Balaban J connectivity index is 0.961. The minimum Gasteiger partial charge on any atom is -0.386 e. The highest BCUT2D eigenvalue weighted by molar-refractivity contribution is 5.82. The van der Waals surface area contributed by atoms with E-state index >= 15 is 0 Å². The summed E-state index contributed by atoms with van der Waals surface area (Å²) in [4.78, 5) is 23.3. The van der Waals surface area contributed by atoms with Gasteiger partial charge in [0.25, 0.3) is 0 Å². The number of nitrogens with zero attached hydrogens (tertiary/aromatic N) is 6. The number of anilines is 1. The van der Waals surface area contributed by atoms with Gasteiger partial charge >= 0.3 is 0 Å². The molecule has 4 N–H and O–H groups in total. The van der Waals surface area contributed by atoms with Crippen molar-refractivity contribution in [2.24, 2.45) is 5.92 Å². The molecule has 1 aromatic carbocycles. The number of H-pyrrole nitrogens is 1. The summed E-state index contributed by atoms with van der Waals surface area (Å²) in [5, 5.41) is 20.5. The van der Waals surface area contributed by atoms with Gasteiger partial charge in [0.2, 0.25) is 0 Å². The Morgan fingerprint density at radius 1 is 1.15 bits per heavy atom. The first-order valence-corrected chi connectivity index (χ1v) is 14.5. The largest absolute Gasteiger partial charge is 0.386 e. The molecule has 2 saturated heterocycles. The van der Waals surface area contributed by atoms with E-state index in [1.165, 1.54) is 11.9 Å². The van der Waals surface area contributed by atoms with Crippen LogP contribution in [0.25, 0.3) is 22.2 Å². The van der Waals surface area contributed by atoms with Crippen LogP contribution in [0, 0.1) is 5.92 Å². The summed E-state index contributed by atoms with van der Waals surface area (Å²) in [6.07, 6.45) is 4.77. The van der Waals surface area contributed by atoms with E-state index in [2.05, 4.69) is 70.7 Å². The van der Waals surface area contributed by atoms with Gasteiger partial charge in [0.15, 0.2) is 23.2 Å². The maximum Gasteiger partial charge on any atom is 0.181 e. The summed E-state index contributed by atoms with van der Waals surface area (Å²) >= 11 is 0. The van der Waals surface area contributed by atoms with E-state index in [0.29, 0.717) is 29.7 Å². The van der Waals surface area contributed by atoms with E-state index in [1.54, 1.807) is 10.9 Å². The first-order valence-electron chi connectivity index (χ1n) is 14.5. The molecule has 1 saturated carbocycles. The third-order valence-corrected chi connectivity index (χ3v) is 9.13. The first-order chi connectivity index (χ1) is 19.7. The van der Waals surface area contributed by atoms with Crippen LogP contribution in [0.4, 0.5) is 5.82 Å². The van der Waals surface area contributed by atoms with Crippen LogP contribution >= 0.6 is 0 Å². The summed E-state index contributed by atoms with van der Waals surface area (Å²) in [6, 6.07) is 6.98. The summed E-state index contributed by atoms with van der Waals surface area (Å²) < 4.78 is 14.3. The van der Waals surface area contributed by atoms with Gasteiger partial charge in [-0.1, -0.05) is 26.8 Å². The number of benzene rings is 1. The maximum atomic E-state index is 11.1. The van der Waals surface area contributed by atoms with Crippen LogP contribution in [0.3, 0.4) is 0 Å². The predicted molar refractivity (Wildman–Crippen MR) is 151 cm³/mol. The van der Waals surface area contributed by atoms with Gasteiger partial charge < -0.3 is 19.6 Å². The molecule has 1 aliphatic carbocycles. The van der Waals surface area contributed by atoms with Crippen LogP contribution in [0.1, 0.15) is 64.6 Å². The molecule has 12 heteroatoms. The lowest BCUT2D eigenvalue weighted by Crippen LogP contribution is -2.59. The summed E-state index contributed by atoms with van der Waals surface area (Å²) in [5.74, 6) is 1.91. The average Bonchev–Trinajstić information content (AvgIpc) is 3.62. The van der Waals surface area contributed by atoms with Crippen molar-refractivity contribution >= 4 is 28.0 Å². The van der Waals surface area contributed by atoms with Crippen LogP contribution in [0.15, 0.2) is 30.9 Å². The van der Waals surface area contributed by atoms with Crippen molar-refractivity contribution in [3.8, 4) is 0 Å². The summed E-state index contributed by atoms with van der Waals surface area (Å²) in [5.41, 5.74) is 6.46. The molecule has 1 unspecified atom stereocenters. The fraction of sp³-hybridized carbons (Fsp3) is 0.586. The number of nitrogens with one attached hydrogen (secondary N) is 2. The second-order valence-electron chi connectivity index (χ2n) is 12.8. The lowest BCUT2D eigenvalue weighted by atomic mass is 9.76. The average molecular weight is 563 g/mol. The van der Waals surface area contributed by atoms with Crippen molar-refractivity contribution in [3.05, 3.63) is 42.2 Å². The van der Waals surface area contributed by atoms with Gasteiger partial charge in [-0.15, -0.1) is 0 Å². The van der Waals surface area contributed by atoms with Crippen molar-refractivity contribution in [3.63, 3.8) is 0 Å². The Labute approximate surface area is 238 Å². The Hall–Kier alpha value is -3.16. The smallest absolute Gasteiger partial charge is 0.181 e. The molecule has 0 spiro atoms. The molecule has 0 bridgehead atoms.